The van der Waals surface area contributed by atoms with Crippen molar-refractivity contribution in [3.05, 3.63) is 42.0 Å². The number of carbonyl (C=O) groups excluding carboxylic acids is 2. The van der Waals surface area contributed by atoms with Crippen molar-refractivity contribution in [2.24, 2.45) is 5.92 Å². The average Bonchev–Trinajstić information content (AvgIpc) is 2.92. The first kappa shape index (κ1) is 14.3. The maximum absolute atomic E-state index is 11.9. The largest absolute Gasteiger partial charge is 0.462 e. The van der Waals surface area contributed by atoms with Crippen molar-refractivity contribution >= 4 is 17.6 Å². The monoisotopic (exact) mass is 273 g/mol. The second-order valence-electron chi connectivity index (χ2n) is 4.82. The lowest BCUT2D eigenvalue weighted by Gasteiger charge is -2.09. The molecule has 20 heavy (non-hydrogen) atoms. The van der Waals surface area contributed by atoms with Gasteiger partial charge in [-0.05, 0) is 49.9 Å². The van der Waals surface area contributed by atoms with E-state index in [1.807, 2.05) is 0 Å². The topological polar surface area (TPSA) is 55.4 Å². The molecule has 1 amide bonds. The second-order valence-corrected chi connectivity index (χ2v) is 4.82. The zero-order valence-electron chi connectivity index (χ0n) is 11.6. The van der Waals surface area contributed by atoms with Crippen LogP contribution in [0, 0.1) is 5.92 Å². The number of allylic oxidation sites excluding steroid dienone is 2. The van der Waals surface area contributed by atoms with Gasteiger partial charge in [-0.25, -0.2) is 4.79 Å². The Kier molecular flexibility index (Phi) is 4.93. The summed E-state index contributed by atoms with van der Waals surface area (Å²) in [4.78, 5) is 23.3. The molecule has 1 unspecified atom stereocenters. The summed E-state index contributed by atoms with van der Waals surface area (Å²) in [5.74, 6) is 0.0145. The smallest absolute Gasteiger partial charge is 0.338 e. The van der Waals surface area contributed by atoms with Gasteiger partial charge in [0.15, 0.2) is 0 Å². The second kappa shape index (κ2) is 6.89. The Balaban J connectivity index is 1.88. The van der Waals surface area contributed by atoms with Crippen LogP contribution in [-0.4, -0.2) is 18.5 Å². The standard InChI is InChI=1S/C16H19NO3/c1-2-20-16(19)13-7-9-14(10-8-13)17-15(18)11-12-5-3-4-6-12/h3,5,7-10,12H,2,4,6,11H2,1H3,(H,17,18). The molecule has 0 saturated heterocycles. The fourth-order valence-corrected chi connectivity index (χ4v) is 2.22. The number of rotatable bonds is 5. The van der Waals surface area contributed by atoms with Gasteiger partial charge >= 0.3 is 5.97 Å². The lowest BCUT2D eigenvalue weighted by molar-refractivity contribution is -0.116. The molecule has 0 aromatic heterocycles. The van der Waals surface area contributed by atoms with Gasteiger partial charge in [-0.15, -0.1) is 0 Å². The van der Waals surface area contributed by atoms with E-state index in [-0.39, 0.29) is 11.9 Å². The Bertz CT molecular complexity index is 505. The summed E-state index contributed by atoms with van der Waals surface area (Å²) in [5, 5.41) is 2.84. The van der Waals surface area contributed by atoms with Crippen molar-refractivity contribution in [2.75, 3.05) is 11.9 Å². The molecule has 0 radical (unpaired) electrons. The number of carbonyl (C=O) groups is 2. The van der Waals surface area contributed by atoms with Gasteiger partial charge in [-0.1, -0.05) is 12.2 Å². The first-order chi connectivity index (χ1) is 9.69. The summed E-state index contributed by atoms with van der Waals surface area (Å²) in [6.45, 7) is 2.12. The Morgan fingerprint density at radius 1 is 1.30 bits per heavy atom. The summed E-state index contributed by atoms with van der Waals surface area (Å²) in [6.07, 6.45) is 6.84. The minimum Gasteiger partial charge on any atom is -0.462 e. The van der Waals surface area contributed by atoms with E-state index in [1.54, 1.807) is 31.2 Å². The van der Waals surface area contributed by atoms with Crippen LogP contribution in [-0.2, 0) is 9.53 Å². The maximum Gasteiger partial charge on any atom is 0.338 e. The van der Waals surface area contributed by atoms with E-state index in [2.05, 4.69) is 17.5 Å². The van der Waals surface area contributed by atoms with E-state index < -0.39 is 0 Å². The van der Waals surface area contributed by atoms with Crippen molar-refractivity contribution in [3.63, 3.8) is 0 Å². The third-order valence-corrected chi connectivity index (χ3v) is 3.24. The highest BCUT2D eigenvalue weighted by Crippen LogP contribution is 2.21. The van der Waals surface area contributed by atoms with Gasteiger partial charge < -0.3 is 10.1 Å². The first-order valence-electron chi connectivity index (χ1n) is 6.92. The van der Waals surface area contributed by atoms with Gasteiger partial charge in [0.2, 0.25) is 5.91 Å². The molecular weight excluding hydrogens is 254 g/mol. The predicted octanol–water partition coefficient (Wildman–Crippen LogP) is 3.16. The van der Waals surface area contributed by atoms with Crippen molar-refractivity contribution in [1.29, 1.82) is 0 Å². The third-order valence-electron chi connectivity index (χ3n) is 3.24. The van der Waals surface area contributed by atoms with Crippen LogP contribution < -0.4 is 5.32 Å². The van der Waals surface area contributed by atoms with Crippen molar-refractivity contribution in [3.8, 4) is 0 Å². The van der Waals surface area contributed by atoms with Gasteiger partial charge in [-0.3, -0.25) is 4.79 Å². The lowest BCUT2D eigenvalue weighted by atomic mass is 10.0. The zero-order valence-corrected chi connectivity index (χ0v) is 11.6. The van der Waals surface area contributed by atoms with Crippen LogP contribution in [0.5, 0.6) is 0 Å². The van der Waals surface area contributed by atoms with Crippen LogP contribution in [0.3, 0.4) is 0 Å². The van der Waals surface area contributed by atoms with Crippen molar-refractivity contribution < 1.29 is 14.3 Å². The molecule has 1 atom stereocenters. The van der Waals surface area contributed by atoms with Gasteiger partial charge in [0.1, 0.15) is 0 Å². The number of benzene rings is 1. The van der Waals surface area contributed by atoms with Gasteiger partial charge in [0.25, 0.3) is 0 Å². The molecule has 0 spiro atoms. The van der Waals surface area contributed by atoms with Gasteiger partial charge in [0.05, 0.1) is 12.2 Å². The number of nitrogens with one attached hydrogen (secondary N) is 1. The molecule has 1 aliphatic rings. The van der Waals surface area contributed by atoms with E-state index in [4.69, 9.17) is 4.74 Å². The van der Waals surface area contributed by atoms with Crippen LogP contribution in [0.1, 0.15) is 36.5 Å². The normalized spacial score (nSPS) is 16.9. The SMILES string of the molecule is CCOC(=O)c1ccc(NC(=O)CC2C=CCC2)cc1. The van der Waals surface area contributed by atoms with Gasteiger partial charge in [0, 0.05) is 12.1 Å². The van der Waals surface area contributed by atoms with Crippen molar-refractivity contribution in [2.45, 2.75) is 26.2 Å². The third kappa shape index (κ3) is 3.95. The number of hydrogen-bond donors (Lipinski definition) is 1. The minimum atomic E-state index is -0.346. The highest BCUT2D eigenvalue weighted by molar-refractivity contribution is 5.93. The maximum atomic E-state index is 11.9. The fraction of sp³-hybridized carbons (Fsp3) is 0.375. The van der Waals surface area contributed by atoms with Crippen LogP contribution in [0.4, 0.5) is 5.69 Å². The number of anilines is 1. The van der Waals surface area contributed by atoms with E-state index in [1.165, 1.54) is 0 Å². The lowest BCUT2D eigenvalue weighted by Crippen LogP contribution is -2.15. The molecule has 1 aromatic rings. The number of esters is 1. The Morgan fingerprint density at radius 3 is 2.65 bits per heavy atom. The van der Waals surface area contributed by atoms with Crippen LogP contribution in [0.15, 0.2) is 36.4 Å². The molecule has 4 nitrogen and oxygen atoms in total. The molecule has 0 bridgehead atoms. The molecule has 4 heteroatoms. The van der Waals surface area contributed by atoms with Crippen LogP contribution in [0.2, 0.25) is 0 Å². The number of ether oxygens (including phenoxy) is 1. The van der Waals surface area contributed by atoms with E-state index in [0.29, 0.717) is 30.2 Å². The zero-order chi connectivity index (χ0) is 14.4. The Labute approximate surface area is 118 Å². The molecular formula is C16H19NO3. The molecule has 0 aliphatic heterocycles. The van der Waals surface area contributed by atoms with Crippen LogP contribution in [0.25, 0.3) is 0 Å². The molecule has 1 aliphatic carbocycles. The van der Waals surface area contributed by atoms with E-state index in [9.17, 15) is 9.59 Å². The van der Waals surface area contributed by atoms with Crippen molar-refractivity contribution in [1.82, 2.24) is 0 Å². The summed E-state index contributed by atoms with van der Waals surface area (Å²) in [7, 11) is 0. The summed E-state index contributed by atoms with van der Waals surface area (Å²) >= 11 is 0. The summed E-state index contributed by atoms with van der Waals surface area (Å²) < 4.78 is 4.90. The molecule has 1 N–H and O–H groups in total. The minimum absolute atomic E-state index is 0.00503. The highest BCUT2D eigenvalue weighted by Gasteiger charge is 2.14. The fourth-order valence-electron chi connectivity index (χ4n) is 2.22. The quantitative estimate of drug-likeness (QED) is 0.662. The first-order valence-corrected chi connectivity index (χ1v) is 6.92. The average molecular weight is 273 g/mol. The summed E-state index contributed by atoms with van der Waals surface area (Å²) in [6, 6.07) is 6.75. The Hall–Kier alpha value is -2.10. The molecule has 0 heterocycles. The predicted molar refractivity (Wildman–Crippen MR) is 77.5 cm³/mol. The Morgan fingerprint density at radius 2 is 2.05 bits per heavy atom. The highest BCUT2D eigenvalue weighted by atomic mass is 16.5. The summed E-state index contributed by atoms with van der Waals surface area (Å²) in [5.41, 5.74) is 1.19. The van der Waals surface area contributed by atoms with E-state index in [0.717, 1.165) is 12.8 Å². The number of amides is 1. The number of hydrogen-bond acceptors (Lipinski definition) is 3. The van der Waals surface area contributed by atoms with Gasteiger partial charge in [-0.2, -0.15) is 0 Å². The van der Waals surface area contributed by atoms with Crippen LogP contribution >= 0.6 is 0 Å². The molecule has 1 aromatic carbocycles. The molecule has 2 rings (SSSR count). The molecule has 0 fully saturated rings. The molecule has 106 valence electrons. The molecule has 0 saturated carbocycles. The van der Waals surface area contributed by atoms with E-state index >= 15 is 0 Å².